The lowest BCUT2D eigenvalue weighted by Crippen LogP contribution is -2.48. The van der Waals surface area contributed by atoms with Crippen LogP contribution >= 0.6 is 0 Å². The second-order valence-corrected chi connectivity index (χ2v) is 4.96. The van der Waals surface area contributed by atoms with Crippen LogP contribution in [0.5, 0.6) is 0 Å². The fourth-order valence-corrected chi connectivity index (χ4v) is 2.55. The Kier molecular flexibility index (Phi) is 4.18. The summed E-state index contributed by atoms with van der Waals surface area (Å²) < 4.78 is 0. The maximum absolute atomic E-state index is 11.9. The summed E-state index contributed by atoms with van der Waals surface area (Å²) in [5, 5.41) is 3.35. The number of piperidine rings is 1. The van der Waals surface area contributed by atoms with E-state index in [-0.39, 0.29) is 5.92 Å². The summed E-state index contributed by atoms with van der Waals surface area (Å²) in [5.74, 6) is 0.609. The van der Waals surface area contributed by atoms with Crippen molar-refractivity contribution in [1.29, 1.82) is 0 Å². The van der Waals surface area contributed by atoms with Crippen LogP contribution in [0, 0.1) is 5.92 Å². The van der Waals surface area contributed by atoms with E-state index >= 15 is 0 Å². The topological polar surface area (TPSA) is 35.6 Å². The molecule has 1 atom stereocenters. The van der Waals surface area contributed by atoms with E-state index in [2.05, 4.69) is 22.0 Å². The van der Waals surface area contributed by atoms with Gasteiger partial charge in [0.25, 0.3) is 0 Å². The smallest absolute Gasteiger partial charge is 0.225 e. The van der Waals surface area contributed by atoms with Crippen molar-refractivity contribution < 1.29 is 4.79 Å². The SMILES string of the molecule is CC1CCCN(CCN2CCNCC2)C1=O. The van der Waals surface area contributed by atoms with Crippen molar-refractivity contribution in [2.75, 3.05) is 45.8 Å². The highest BCUT2D eigenvalue weighted by Gasteiger charge is 2.25. The van der Waals surface area contributed by atoms with Gasteiger partial charge in [-0.2, -0.15) is 0 Å². The summed E-state index contributed by atoms with van der Waals surface area (Å²) >= 11 is 0. The van der Waals surface area contributed by atoms with Crippen LogP contribution in [-0.4, -0.2) is 61.5 Å². The van der Waals surface area contributed by atoms with E-state index in [0.29, 0.717) is 5.91 Å². The van der Waals surface area contributed by atoms with Gasteiger partial charge in [-0.3, -0.25) is 9.69 Å². The summed E-state index contributed by atoms with van der Waals surface area (Å²) in [6.07, 6.45) is 2.25. The monoisotopic (exact) mass is 225 g/mol. The third-order valence-electron chi connectivity index (χ3n) is 3.69. The lowest BCUT2D eigenvalue weighted by Gasteiger charge is -2.34. The summed E-state index contributed by atoms with van der Waals surface area (Å²) in [4.78, 5) is 16.4. The van der Waals surface area contributed by atoms with Gasteiger partial charge in [-0.05, 0) is 12.8 Å². The maximum Gasteiger partial charge on any atom is 0.225 e. The van der Waals surface area contributed by atoms with Gasteiger partial charge in [0.05, 0.1) is 0 Å². The molecule has 92 valence electrons. The van der Waals surface area contributed by atoms with Gasteiger partial charge in [0, 0.05) is 51.7 Å². The fourth-order valence-electron chi connectivity index (χ4n) is 2.55. The molecule has 2 heterocycles. The predicted molar refractivity (Wildman–Crippen MR) is 64.3 cm³/mol. The van der Waals surface area contributed by atoms with Gasteiger partial charge in [-0.15, -0.1) is 0 Å². The minimum Gasteiger partial charge on any atom is -0.341 e. The van der Waals surface area contributed by atoms with Gasteiger partial charge in [0.1, 0.15) is 0 Å². The van der Waals surface area contributed by atoms with Crippen molar-refractivity contribution in [3.05, 3.63) is 0 Å². The van der Waals surface area contributed by atoms with E-state index < -0.39 is 0 Å². The molecule has 2 aliphatic rings. The summed E-state index contributed by atoms with van der Waals surface area (Å²) in [7, 11) is 0. The molecular formula is C12H23N3O. The molecule has 0 spiro atoms. The third-order valence-corrected chi connectivity index (χ3v) is 3.69. The second kappa shape index (κ2) is 5.64. The molecule has 0 aliphatic carbocycles. The molecule has 0 aromatic carbocycles. The lowest BCUT2D eigenvalue weighted by molar-refractivity contribution is -0.137. The van der Waals surface area contributed by atoms with Gasteiger partial charge in [-0.1, -0.05) is 6.92 Å². The molecule has 4 heteroatoms. The van der Waals surface area contributed by atoms with E-state index in [9.17, 15) is 4.79 Å². The Morgan fingerprint density at radius 1 is 1.25 bits per heavy atom. The van der Waals surface area contributed by atoms with E-state index in [0.717, 1.165) is 52.2 Å². The maximum atomic E-state index is 11.9. The quantitative estimate of drug-likeness (QED) is 0.743. The summed E-state index contributed by atoms with van der Waals surface area (Å²) in [5.41, 5.74) is 0. The zero-order chi connectivity index (χ0) is 11.4. The van der Waals surface area contributed by atoms with E-state index in [1.807, 2.05) is 0 Å². The molecule has 16 heavy (non-hydrogen) atoms. The number of amides is 1. The Bertz CT molecular complexity index is 238. The average Bonchev–Trinajstić information content (AvgIpc) is 2.32. The van der Waals surface area contributed by atoms with Crippen molar-refractivity contribution in [3.8, 4) is 0 Å². The van der Waals surface area contributed by atoms with Crippen molar-refractivity contribution in [2.24, 2.45) is 5.92 Å². The van der Waals surface area contributed by atoms with Crippen LogP contribution in [0.3, 0.4) is 0 Å². The number of carbonyl (C=O) groups is 1. The van der Waals surface area contributed by atoms with Crippen molar-refractivity contribution in [1.82, 2.24) is 15.1 Å². The molecule has 1 unspecified atom stereocenters. The highest BCUT2D eigenvalue weighted by Crippen LogP contribution is 2.16. The molecule has 2 rings (SSSR count). The zero-order valence-corrected chi connectivity index (χ0v) is 10.2. The number of piperazine rings is 1. The van der Waals surface area contributed by atoms with E-state index in [1.165, 1.54) is 6.42 Å². The highest BCUT2D eigenvalue weighted by atomic mass is 16.2. The van der Waals surface area contributed by atoms with E-state index in [1.54, 1.807) is 0 Å². The largest absolute Gasteiger partial charge is 0.341 e. The Morgan fingerprint density at radius 2 is 2.00 bits per heavy atom. The number of hydrogen-bond donors (Lipinski definition) is 1. The average molecular weight is 225 g/mol. The first-order valence-corrected chi connectivity index (χ1v) is 6.49. The molecule has 2 saturated heterocycles. The molecular weight excluding hydrogens is 202 g/mol. The number of nitrogens with one attached hydrogen (secondary N) is 1. The van der Waals surface area contributed by atoms with Crippen LogP contribution in [0.1, 0.15) is 19.8 Å². The highest BCUT2D eigenvalue weighted by molar-refractivity contribution is 5.79. The molecule has 1 N–H and O–H groups in total. The molecule has 4 nitrogen and oxygen atoms in total. The van der Waals surface area contributed by atoms with Crippen LogP contribution in [0.15, 0.2) is 0 Å². The Morgan fingerprint density at radius 3 is 2.75 bits per heavy atom. The second-order valence-electron chi connectivity index (χ2n) is 4.96. The molecule has 0 bridgehead atoms. The van der Waals surface area contributed by atoms with Gasteiger partial charge in [0.15, 0.2) is 0 Å². The van der Waals surface area contributed by atoms with Crippen LogP contribution < -0.4 is 5.32 Å². The molecule has 0 aromatic rings. The Balaban J connectivity index is 1.73. The van der Waals surface area contributed by atoms with Gasteiger partial charge < -0.3 is 10.2 Å². The van der Waals surface area contributed by atoms with Crippen LogP contribution in [0.25, 0.3) is 0 Å². The van der Waals surface area contributed by atoms with Gasteiger partial charge in [0.2, 0.25) is 5.91 Å². The number of rotatable bonds is 3. The molecule has 0 radical (unpaired) electrons. The molecule has 0 aromatic heterocycles. The van der Waals surface area contributed by atoms with Crippen molar-refractivity contribution in [2.45, 2.75) is 19.8 Å². The molecule has 1 amide bonds. The minimum atomic E-state index is 0.247. The first kappa shape index (κ1) is 11.9. The third kappa shape index (κ3) is 2.95. The molecule has 0 saturated carbocycles. The Labute approximate surface area is 98.0 Å². The predicted octanol–water partition coefficient (Wildman–Crippen LogP) is 0.150. The van der Waals surface area contributed by atoms with Gasteiger partial charge in [-0.25, -0.2) is 0 Å². The number of hydrogen-bond acceptors (Lipinski definition) is 3. The summed E-state index contributed by atoms with van der Waals surface area (Å²) in [6.45, 7) is 9.40. The van der Waals surface area contributed by atoms with Crippen molar-refractivity contribution in [3.63, 3.8) is 0 Å². The lowest BCUT2D eigenvalue weighted by atomic mass is 9.99. The van der Waals surface area contributed by atoms with Crippen LogP contribution in [-0.2, 0) is 4.79 Å². The standard InChI is InChI=1S/C12H23N3O/c1-11-3-2-6-15(12(11)16)10-9-14-7-4-13-5-8-14/h11,13H,2-10H2,1H3. The number of likely N-dealkylation sites (tertiary alicyclic amines) is 1. The van der Waals surface area contributed by atoms with Crippen LogP contribution in [0.4, 0.5) is 0 Å². The van der Waals surface area contributed by atoms with Crippen molar-refractivity contribution >= 4 is 5.91 Å². The first-order valence-electron chi connectivity index (χ1n) is 6.49. The number of carbonyl (C=O) groups excluding carboxylic acids is 1. The van der Waals surface area contributed by atoms with Gasteiger partial charge >= 0.3 is 0 Å². The Hall–Kier alpha value is -0.610. The first-order chi connectivity index (χ1) is 7.77. The van der Waals surface area contributed by atoms with E-state index in [4.69, 9.17) is 0 Å². The van der Waals surface area contributed by atoms with Crippen LogP contribution in [0.2, 0.25) is 0 Å². The minimum absolute atomic E-state index is 0.247. The zero-order valence-electron chi connectivity index (χ0n) is 10.2. The fraction of sp³-hybridized carbons (Fsp3) is 0.917. The number of nitrogens with zero attached hydrogens (tertiary/aromatic N) is 2. The summed E-state index contributed by atoms with van der Waals surface area (Å²) in [6, 6.07) is 0. The normalized spacial score (nSPS) is 28.4. The molecule has 2 fully saturated rings. The molecule has 2 aliphatic heterocycles.